The number of anilines is 1. The number of imide groups is 1. The smallest absolute Gasteiger partial charge is 0.261 e. The van der Waals surface area contributed by atoms with Gasteiger partial charge in [-0.1, -0.05) is 35.9 Å². The molecule has 0 spiro atoms. The fourth-order valence-corrected chi connectivity index (χ4v) is 3.83. The fraction of sp³-hybridized carbons (Fsp3) is 0.0833. The van der Waals surface area contributed by atoms with Crippen molar-refractivity contribution in [3.63, 3.8) is 0 Å². The van der Waals surface area contributed by atoms with Crippen molar-refractivity contribution in [3.05, 3.63) is 82.9 Å². The summed E-state index contributed by atoms with van der Waals surface area (Å²) in [6.07, 6.45) is -0.0387. The van der Waals surface area contributed by atoms with E-state index in [1.165, 1.54) is 0 Å². The van der Waals surface area contributed by atoms with Crippen LogP contribution < -0.4 is 5.32 Å². The molecule has 0 saturated heterocycles. The Morgan fingerprint density at radius 3 is 2.31 bits per heavy atom. The van der Waals surface area contributed by atoms with Crippen molar-refractivity contribution in [1.29, 1.82) is 0 Å². The van der Waals surface area contributed by atoms with Crippen molar-refractivity contribution in [2.75, 3.05) is 11.9 Å². The van der Waals surface area contributed by atoms with Crippen LogP contribution >= 0.6 is 11.6 Å². The lowest BCUT2D eigenvalue weighted by atomic mass is 10.1. The molecule has 32 heavy (non-hydrogen) atoms. The number of carbonyl (C=O) groups is 3. The number of benzene rings is 3. The van der Waals surface area contributed by atoms with Crippen LogP contribution in [0.4, 0.5) is 5.69 Å². The Balaban J connectivity index is 1.31. The molecule has 3 amide bonds. The topological polar surface area (TPSA) is 92.5 Å². The molecule has 0 atom stereocenters. The van der Waals surface area contributed by atoms with E-state index in [2.05, 4.69) is 10.3 Å². The first-order valence-corrected chi connectivity index (χ1v) is 10.3. The number of oxazole rings is 1. The molecule has 1 aromatic heterocycles. The first-order chi connectivity index (χ1) is 15.5. The molecule has 158 valence electrons. The summed E-state index contributed by atoms with van der Waals surface area (Å²) in [6, 6.07) is 18.9. The van der Waals surface area contributed by atoms with Gasteiger partial charge in [-0.3, -0.25) is 19.3 Å². The minimum absolute atomic E-state index is 0.0122. The third-order valence-corrected chi connectivity index (χ3v) is 5.46. The predicted octanol–water partition coefficient (Wildman–Crippen LogP) is 4.77. The number of halogens is 1. The summed E-state index contributed by atoms with van der Waals surface area (Å²) in [5, 5.41) is 3.37. The first-order valence-electron chi connectivity index (χ1n) is 9.92. The molecule has 0 unspecified atom stereocenters. The van der Waals surface area contributed by atoms with Crippen LogP contribution in [0.5, 0.6) is 0 Å². The number of nitrogens with zero attached hydrogens (tertiary/aromatic N) is 2. The first kappa shape index (κ1) is 20.0. The third-order valence-electron chi connectivity index (χ3n) is 5.22. The molecular formula is C24H16ClN3O4. The van der Waals surface area contributed by atoms with Gasteiger partial charge < -0.3 is 9.73 Å². The normalized spacial score (nSPS) is 13.0. The van der Waals surface area contributed by atoms with E-state index in [-0.39, 0.29) is 30.7 Å². The van der Waals surface area contributed by atoms with Crippen molar-refractivity contribution >= 4 is 46.1 Å². The molecule has 1 aliphatic heterocycles. The Hall–Kier alpha value is -3.97. The summed E-state index contributed by atoms with van der Waals surface area (Å²) >= 11 is 6.02. The molecule has 5 rings (SSSR count). The monoisotopic (exact) mass is 445 g/mol. The van der Waals surface area contributed by atoms with Gasteiger partial charge in [0.1, 0.15) is 5.52 Å². The molecule has 1 N–H and O–H groups in total. The van der Waals surface area contributed by atoms with Gasteiger partial charge >= 0.3 is 0 Å². The zero-order chi connectivity index (χ0) is 22.2. The Labute approximate surface area is 187 Å². The third kappa shape index (κ3) is 3.52. The summed E-state index contributed by atoms with van der Waals surface area (Å²) in [4.78, 5) is 43.1. The van der Waals surface area contributed by atoms with Crippen molar-refractivity contribution in [1.82, 2.24) is 9.88 Å². The molecule has 0 fully saturated rings. The SMILES string of the molecule is O=C(CCN1C(=O)c2ccccc2C1=O)Nc1ccccc1-c1nc2cc(Cl)ccc2o1. The zero-order valence-electron chi connectivity index (χ0n) is 16.7. The second-order valence-electron chi connectivity index (χ2n) is 7.28. The van der Waals surface area contributed by atoms with Crippen LogP contribution in [0.15, 0.2) is 71.1 Å². The van der Waals surface area contributed by atoms with Gasteiger partial charge in [0.25, 0.3) is 11.8 Å². The maximum Gasteiger partial charge on any atom is 0.261 e. The molecule has 3 aromatic carbocycles. The van der Waals surface area contributed by atoms with Crippen molar-refractivity contribution < 1.29 is 18.8 Å². The van der Waals surface area contributed by atoms with E-state index in [1.54, 1.807) is 60.7 Å². The van der Waals surface area contributed by atoms with Crippen LogP contribution in [-0.2, 0) is 4.79 Å². The zero-order valence-corrected chi connectivity index (χ0v) is 17.4. The average Bonchev–Trinajstić information content (AvgIpc) is 3.31. The highest BCUT2D eigenvalue weighted by molar-refractivity contribution is 6.31. The summed E-state index contributed by atoms with van der Waals surface area (Å²) in [6.45, 7) is -0.0122. The van der Waals surface area contributed by atoms with Crippen LogP contribution in [0.3, 0.4) is 0 Å². The van der Waals surface area contributed by atoms with Crippen molar-refractivity contribution in [2.24, 2.45) is 0 Å². The second kappa shape index (κ2) is 7.94. The Bertz CT molecular complexity index is 1360. The summed E-state index contributed by atoms with van der Waals surface area (Å²) in [7, 11) is 0. The van der Waals surface area contributed by atoms with E-state index < -0.39 is 0 Å². The number of amides is 3. The standard InChI is InChI=1S/C24H16ClN3O4/c25-14-9-10-20-19(13-14)27-22(32-20)17-7-3-4-8-18(17)26-21(29)11-12-28-23(30)15-5-1-2-6-16(15)24(28)31/h1-10,13H,11-12H2,(H,26,29). The summed E-state index contributed by atoms with van der Waals surface area (Å²) < 4.78 is 5.82. The molecular weight excluding hydrogens is 430 g/mol. The molecule has 4 aromatic rings. The summed E-state index contributed by atoms with van der Waals surface area (Å²) in [5.41, 5.74) is 3.03. The maximum atomic E-state index is 12.6. The van der Waals surface area contributed by atoms with Gasteiger partial charge in [0, 0.05) is 18.0 Å². The highest BCUT2D eigenvalue weighted by Gasteiger charge is 2.35. The van der Waals surface area contributed by atoms with Gasteiger partial charge in [0.15, 0.2) is 5.58 Å². The maximum absolute atomic E-state index is 12.6. The van der Waals surface area contributed by atoms with E-state index in [0.717, 1.165) is 4.90 Å². The average molecular weight is 446 g/mol. The molecule has 0 bridgehead atoms. The number of para-hydroxylation sites is 1. The van der Waals surface area contributed by atoms with Gasteiger partial charge in [0.05, 0.1) is 22.4 Å². The molecule has 0 aliphatic carbocycles. The van der Waals surface area contributed by atoms with Crippen LogP contribution in [0.1, 0.15) is 27.1 Å². The predicted molar refractivity (Wildman–Crippen MR) is 120 cm³/mol. The molecule has 8 heteroatoms. The van der Waals surface area contributed by atoms with Gasteiger partial charge in [-0.05, 0) is 42.5 Å². The number of rotatable bonds is 5. The molecule has 7 nitrogen and oxygen atoms in total. The molecule has 1 aliphatic rings. The van der Waals surface area contributed by atoms with Gasteiger partial charge in [-0.25, -0.2) is 4.98 Å². The minimum atomic E-state index is -0.385. The number of aromatic nitrogens is 1. The van der Waals surface area contributed by atoms with Gasteiger partial charge in [-0.2, -0.15) is 0 Å². The number of hydrogen-bond donors (Lipinski definition) is 1. The van der Waals surface area contributed by atoms with Crippen LogP contribution in [0.2, 0.25) is 5.02 Å². The van der Waals surface area contributed by atoms with Crippen molar-refractivity contribution in [3.8, 4) is 11.5 Å². The van der Waals surface area contributed by atoms with Gasteiger partial charge in [-0.15, -0.1) is 0 Å². The second-order valence-corrected chi connectivity index (χ2v) is 7.72. The van der Waals surface area contributed by atoms with E-state index in [4.69, 9.17) is 16.0 Å². The fourth-order valence-electron chi connectivity index (χ4n) is 3.66. The largest absolute Gasteiger partial charge is 0.436 e. The minimum Gasteiger partial charge on any atom is -0.436 e. The lowest BCUT2D eigenvalue weighted by Gasteiger charge is -2.14. The Morgan fingerprint density at radius 2 is 1.59 bits per heavy atom. The van der Waals surface area contributed by atoms with E-state index in [0.29, 0.717) is 44.4 Å². The molecule has 2 heterocycles. The van der Waals surface area contributed by atoms with E-state index >= 15 is 0 Å². The van der Waals surface area contributed by atoms with Crippen molar-refractivity contribution in [2.45, 2.75) is 6.42 Å². The summed E-state index contributed by atoms with van der Waals surface area (Å²) in [5.74, 6) is -0.764. The molecule has 0 saturated carbocycles. The quantitative estimate of drug-likeness (QED) is 0.446. The number of nitrogens with one attached hydrogen (secondary N) is 1. The van der Waals surface area contributed by atoms with Gasteiger partial charge in [0.2, 0.25) is 11.8 Å². The number of hydrogen-bond acceptors (Lipinski definition) is 5. The van der Waals surface area contributed by atoms with E-state index in [1.807, 2.05) is 6.07 Å². The van der Waals surface area contributed by atoms with Crippen LogP contribution in [0.25, 0.3) is 22.6 Å². The highest BCUT2D eigenvalue weighted by Crippen LogP contribution is 2.31. The Kier molecular flexibility index (Phi) is 4.95. The lowest BCUT2D eigenvalue weighted by molar-refractivity contribution is -0.116. The lowest BCUT2D eigenvalue weighted by Crippen LogP contribution is -2.32. The number of fused-ring (bicyclic) bond motifs is 2. The Morgan fingerprint density at radius 1 is 0.938 bits per heavy atom. The molecule has 0 radical (unpaired) electrons. The van der Waals surface area contributed by atoms with E-state index in [9.17, 15) is 14.4 Å². The number of carbonyl (C=O) groups excluding carboxylic acids is 3. The highest BCUT2D eigenvalue weighted by atomic mass is 35.5. The van der Waals surface area contributed by atoms with Crippen LogP contribution in [0, 0.1) is 0 Å². The van der Waals surface area contributed by atoms with Crippen LogP contribution in [-0.4, -0.2) is 34.2 Å².